The quantitative estimate of drug-likeness (QED) is 0.582. The Morgan fingerprint density at radius 3 is 2.58 bits per heavy atom. The number of hydrogen-bond donors (Lipinski definition) is 2. The number of rotatable bonds is 4. The third kappa shape index (κ3) is 2.67. The van der Waals surface area contributed by atoms with Gasteiger partial charge in [-0.25, -0.2) is 0 Å². The van der Waals surface area contributed by atoms with E-state index in [2.05, 4.69) is 10.4 Å². The fourth-order valence-electron chi connectivity index (χ4n) is 2.23. The standard InChI is InChI=1S/C12H18N4O3/c1-18-10-6-16(7-11(10)19-2)12(17)8-3-4-14-5-9(8)15-13/h3-5,10-11,15H,6-7,13H2,1-2H3. The molecule has 19 heavy (non-hydrogen) atoms. The van der Waals surface area contributed by atoms with Gasteiger partial charge in [0.25, 0.3) is 5.91 Å². The van der Waals surface area contributed by atoms with Gasteiger partial charge in [-0.3, -0.25) is 15.6 Å². The molecule has 1 aliphatic rings. The number of hydrogen-bond acceptors (Lipinski definition) is 6. The molecule has 104 valence electrons. The van der Waals surface area contributed by atoms with Gasteiger partial charge in [-0.2, -0.15) is 0 Å². The minimum Gasteiger partial charge on any atom is -0.377 e. The summed E-state index contributed by atoms with van der Waals surface area (Å²) in [5, 5.41) is 0. The van der Waals surface area contributed by atoms with Crippen molar-refractivity contribution in [3.8, 4) is 0 Å². The predicted octanol–water partition coefficient (Wildman–Crippen LogP) is -0.147. The van der Waals surface area contributed by atoms with Crippen molar-refractivity contribution in [2.45, 2.75) is 12.2 Å². The lowest BCUT2D eigenvalue weighted by Crippen LogP contribution is -2.31. The minimum absolute atomic E-state index is 0.106. The summed E-state index contributed by atoms with van der Waals surface area (Å²) in [6.45, 7) is 1.00. The lowest BCUT2D eigenvalue weighted by molar-refractivity contribution is -0.00461. The molecule has 0 aromatic carbocycles. The maximum Gasteiger partial charge on any atom is 0.256 e. The number of methoxy groups -OCH3 is 2. The highest BCUT2D eigenvalue weighted by Crippen LogP contribution is 2.21. The van der Waals surface area contributed by atoms with Crippen molar-refractivity contribution in [3.63, 3.8) is 0 Å². The van der Waals surface area contributed by atoms with Crippen LogP contribution in [0.3, 0.4) is 0 Å². The van der Waals surface area contributed by atoms with Crippen LogP contribution in [0.2, 0.25) is 0 Å². The molecule has 0 saturated carbocycles. The van der Waals surface area contributed by atoms with E-state index in [0.29, 0.717) is 24.3 Å². The van der Waals surface area contributed by atoms with Crippen LogP contribution in [0.1, 0.15) is 10.4 Å². The number of nitrogens with zero attached hydrogens (tertiary/aromatic N) is 2. The molecule has 7 nitrogen and oxygen atoms in total. The van der Waals surface area contributed by atoms with Crippen LogP contribution in [0, 0.1) is 0 Å². The number of aromatic nitrogens is 1. The zero-order chi connectivity index (χ0) is 13.8. The van der Waals surface area contributed by atoms with Gasteiger partial charge < -0.3 is 19.8 Å². The van der Waals surface area contributed by atoms with Gasteiger partial charge in [-0.15, -0.1) is 0 Å². The summed E-state index contributed by atoms with van der Waals surface area (Å²) >= 11 is 0. The number of nitrogen functional groups attached to an aromatic ring is 1. The SMILES string of the molecule is COC1CN(C(=O)c2ccncc2NN)CC1OC. The summed E-state index contributed by atoms with van der Waals surface area (Å²) in [7, 11) is 3.23. The first-order valence-electron chi connectivity index (χ1n) is 5.96. The van der Waals surface area contributed by atoms with E-state index in [0.717, 1.165) is 0 Å². The fraction of sp³-hybridized carbons (Fsp3) is 0.500. The van der Waals surface area contributed by atoms with E-state index in [4.69, 9.17) is 15.3 Å². The first-order chi connectivity index (χ1) is 9.21. The topological polar surface area (TPSA) is 89.7 Å². The number of amides is 1. The highest BCUT2D eigenvalue weighted by Gasteiger charge is 2.36. The van der Waals surface area contributed by atoms with Crippen molar-refractivity contribution in [2.24, 2.45) is 5.84 Å². The van der Waals surface area contributed by atoms with Crippen molar-refractivity contribution >= 4 is 11.6 Å². The van der Waals surface area contributed by atoms with E-state index in [1.165, 1.54) is 6.20 Å². The maximum absolute atomic E-state index is 12.4. The third-order valence-electron chi connectivity index (χ3n) is 3.32. The molecule has 2 heterocycles. The predicted molar refractivity (Wildman–Crippen MR) is 69.5 cm³/mol. The molecule has 0 spiro atoms. The second-order valence-electron chi connectivity index (χ2n) is 4.32. The molecule has 1 amide bonds. The van der Waals surface area contributed by atoms with Crippen LogP contribution in [-0.4, -0.2) is 55.3 Å². The van der Waals surface area contributed by atoms with Crippen LogP contribution in [0.25, 0.3) is 0 Å². The van der Waals surface area contributed by atoms with Crippen molar-refractivity contribution in [2.75, 3.05) is 32.7 Å². The zero-order valence-corrected chi connectivity index (χ0v) is 11.0. The molecular formula is C12H18N4O3. The summed E-state index contributed by atoms with van der Waals surface area (Å²) in [5.41, 5.74) is 3.47. The average Bonchev–Trinajstić information content (AvgIpc) is 2.89. The number of carbonyl (C=O) groups excluding carboxylic acids is 1. The molecule has 1 saturated heterocycles. The Kier molecular flexibility index (Phi) is 4.31. The van der Waals surface area contributed by atoms with Gasteiger partial charge in [-0.05, 0) is 6.07 Å². The lowest BCUT2D eigenvalue weighted by Gasteiger charge is -2.17. The minimum atomic E-state index is -0.114. The van der Waals surface area contributed by atoms with E-state index in [1.54, 1.807) is 31.4 Å². The van der Waals surface area contributed by atoms with Gasteiger partial charge in [0, 0.05) is 33.5 Å². The number of hydrazine groups is 1. The summed E-state index contributed by atoms with van der Waals surface area (Å²) in [6.07, 6.45) is 2.87. The molecule has 7 heteroatoms. The molecule has 2 atom stereocenters. The second-order valence-corrected chi connectivity index (χ2v) is 4.32. The lowest BCUT2D eigenvalue weighted by atomic mass is 10.2. The van der Waals surface area contributed by atoms with Crippen LogP contribution in [0.15, 0.2) is 18.5 Å². The molecule has 1 fully saturated rings. The van der Waals surface area contributed by atoms with Gasteiger partial charge in [0.05, 0.1) is 17.4 Å². The van der Waals surface area contributed by atoms with Crippen LogP contribution in [-0.2, 0) is 9.47 Å². The number of nitrogens with two attached hydrogens (primary N) is 1. The first-order valence-corrected chi connectivity index (χ1v) is 5.96. The molecule has 3 N–H and O–H groups in total. The number of carbonyl (C=O) groups is 1. The van der Waals surface area contributed by atoms with E-state index in [1.807, 2.05) is 0 Å². The number of anilines is 1. The van der Waals surface area contributed by atoms with Crippen LogP contribution < -0.4 is 11.3 Å². The molecule has 0 radical (unpaired) electrons. The highest BCUT2D eigenvalue weighted by atomic mass is 16.5. The molecule has 1 aliphatic heterocycles. The molecular weight excluding hydrogens is 248 g/mol. The molecule has 0 aliphatic carbocycles. The third-order valence-corrected chi connectivity index (χ3v) is 3.32. The normalized spacial score (nSPS) is 22.6. The Labute approximate surface area is 111 Å². The molecule has 1 aromatic heterocycles. The van der Waals surface area contributed by atoms with Crippen molar-refractivity contribution in [1.29, 1.82) is 0 Å². The second kappa shape index (κ2) is 5.96. The van der Waals surface area contributed by atoms with Crippen molar-refractivity contribution in [1.82, 2.24) is 9.88 Å². The van der Waals surface area contributed by atoms with Gasteiger partial charge >= 0.3 is 0 Å². The Morgan fingerprint density at radius 1 is 1.42 bits per heavy atom. The summed E-state index contributed by atoms with van der Waals surface area (Å²) in [6, 6.07) is 1.64. The monoisotopic (exact) mass is 266 g/mol. The van der Waals surface area contributed by atoms with Gasteiger partial charge in [-0.1, -0.05) is 0 Å². The Morgan fingerprint density at radius 2 is 2.05 bits per heavy atom. The van der Waals surface area contributed by atoms with Gasteiger partial charge in [0.15, 0.2) is 0 Å². The molecule has 0 bridgehead atoms. The number of ether oxygens (including phenoxy) is 2. The fourth-order valence-corrected chi connectivity index (χ4v) is 2.23. The van der Waals surface area contributed by atoms with E-state index in [9.17, 15) is 4.79 Å². The summed E-state index contributed by atoms with van der Waals surface area (Å²) < 4.78 is 10.6. The largest absolute Gasteiger partial charge is 0.377 e. The van der Waals surface area contributed by atoms with Crippen molar-refractivity contribution < 1.29 is 14.3 Å². The van der Waals surface area contributed by atoms with Crippen molar-refractivity contribution in [3.05, 3.63) is 24.0 Å². The Bertz CT molecular complexity index is 442. The molecule has 1 aromatic rings. The van der Waals surface area contributed by atoms with E-state index >= 15 is 0 Å². The van der Waals surface area contributed by atoms with Crippen LogP contribution in [0.4, 0.5) is 5.69 Å². The number of nitrogens with one attached hydrogen (secondary N) is 1. The van der Waals surface area contributed by atoms with Gasteiger partial charge in [0.2, 0.25) is 0 Å². The molecule has 2 unspecified atom stereocenters. The zero-order valence-electron chi connectivity index (χ0n) is 11.0. The molecule has 2 rings (SSSR count). The summed E-state index contributed by atoms with van der Waals surface area (Å²) in [4.78, 5) is 18.1. The highest BCUT2D eigenvalue weighted by molar-refractivity contribution is 5.99. The Hall–Kier alpha value is -1.70. The summed E-state index contributed by atoms with van der Waals surface area (Å²) in [5.74, 6) is 5.27. The number of pyridine rings is 1. The van der Waals surface area contributed by atoms with Gasteiger partial charge in [0.1, 0.15) is 12.2 Å². The number of likely N-dealkylation sites (tertiary alicyclic amines) is 1. The average molecular weight is 266 g/mol. The van der Waals surface area contributed by atoms with Crippen LogP contribution in [0.5, 0.6) is 0 Å². The smallest absolute Gasteiger partial charge is 0.256 e. The van der Waals surface area contributed by atoms with E-state index < -0.39 is 0 Å². The Balaban J connectivity index is 2.17. The van der Waals surface area contributed by atoms with Crippen LogP contribution >= 0.6 is 0 Å². The van der Waals surface area contributed by atoms with E-state index in [-0.39, 0.29) is 18.1 Å². The first kappa shape index (κ1) is 13.7. The maximum atomic E-state index is 12.4.